The number of rotatable bonds is 3. The van der Waals surface area contributed by atoms with Crippen molar-refractivity contribution in [2.45, 2.75) is 44.2 Å². The van der Waals surface area contributed by atoms with E-state index in [1.54, 1.807) is 0 Å². The first kappa shape index (κ1) is 10.1. The Morgan fingerprint density at radius 1 is 1.19 bits per heavy atom. The molecule has 1 aliphatic heterocycles. The van der Waals surface area contributed by atoms with Gasteiger partial charge in [-0.15, -0.1) is 0 Å². The molecule has 1 aromatic rings. The lowest BCUT2D eigenvalue weighted by Crippen LogP contribution is -2.27. The molecule has 2 fully saturated rings. The fourth-order valence-corrected chi connectivity index (χ4v) is 2.43. The largest absolute Gasteiger partial charge is 0.367 e. The Balaban J connectivity index is 1.64. The molecule has 0 unspecified atom stereocenters. The van der Waals surface area contributed by atoms with Crippen molar-refractivity contribution >= 4 is 5.82 Å². The highest BCUT2D eigenvalue weighted by molar-refractivity contribution is 5.37. The normalized spacial score (nSPS) is 25.4. The second kappa shape index (κ2) is 4.42. The van der Waals surface area contributed by atoms with Gasteiger partial charge < -0.3 is 10.6 Å². The van der Waals surface area contributed by atoms with Crippen molar-refractivity contribution in [2.24, 2.45) is 0 Å². The number of nitrogens with zero attached hydrogens (tertiary/aromatic N) is 1. The summed E-state index contributed by atoms with van der Waals surface area (Å²) in [5.74, 6) is 1.03. The van der Waals surface area contributed by atoms with Crippen molar-refractivity contribution in [3.05, 3.63) is 23.9 Å². The molecule has 1 aliphatic carbocycles. The third-order valence-corrected chi connectivity index (χ3v) is 3.71. The summed E-state index contributed by atoms with van der Waals surface area (Å²) in [5, 5.41) is 6.96. The maximum absolute atomic E-state index is 4.49. The van der Waals surface area contributed by atoms with Gasteiger partial charge in [0.1, 0.15) is 5.82 Å². The molecule has 2 heterocycles. The summed E-state index contributed by atoms with van der Waals surface area (Å²) in [7, 11) is 0. The van der Waals surface area contributed by atoms with Crippen molar-refractivity contribution in [3.8, 4) is 0 Å². The van der Waals surface area contributed by atoms with Crippen LogP contribution >= 0.6 is 0 Å². The van der Waals surface area contributed by atoms with Gasteiger partial charge in [0.2, 0.25) is 0 Å². The second-order valence-electron chi connectivity index (χ2n) is 4.90. The first-order chi connectivity index (χ1) is 7.92. The van der Waals surface area contributed by atoms with Gasteiger partial charge in [-0.1, -0.05) is 6.07 Å². The first-order valence-electron chi connectivity index (χ1n) is 6.38. The number of hydrogen-bond acceptors (Lipinski definition) is 3. The third kappa shape index (κ3) is 2.05. The van der Waals surface area contributed by atoms with E-state index in [1.807, 2.05) is 6.20 Å². The quantitative estimate of drug-likeness (QED) is 0.816. The molecule has 0 aromatic carbocycles. The van der Waals surface area contributed by atoms with Crippen LogP contribution in [0.15, 0.2) is 18.3 Å². The van der Waals surface area contributed by atoms with Gasteiger partial charge in [-0.25, -0.2) is 4.98 Å². The smallest absolute Gasteiger partial charge is 0.126 e. The minimum atomic E-state index is 0.533. The number of anilines is 1. The molecule has 3 rings (SSSR count). The second-order valence-corrected chi connectivity index (χ2v) is 4.90. The first-order valence-corrected chi connectivity index (χ1v) is 6.38. The van der Waals surface area contributed by atoms with Crippen molar-refractivity contribution in [1.29, 1.82) is 0 Å². The third-order valence-electron chi connectivity index (χ3n) is 3.71. The summed E-state index contributed by atoms with van der Waals surface area (Å²) in [4.78, 5) is 4.49. The minimum absolute atomic E-state index is 0.533. The molecule has 2 N–H and O–H groups in total. The molecule has 1 aromatic heterocycles. The van der Waals surface area contributed by atoms with Crippen molar-refractivity contribution < 1.29 is 0 Å². The van der Waals surface area contributed by atoms with E-state index in [0.29, 0.717) is 12.1 Å². The van der Waals surface area contributed by atoms with E-state index in [4.69, 9.17) is 0 Å². The number of pyridine rings is 1. The topological polar surface area (TPSA) is 37.0 Å². The van der Waals surface area contributed by atoms with Crippen LogP contribution in [0.5, 0.6) is 0 Å². The Morgan fingerprint density at radius 3 is 2.69 bits per heavy atom. The van der Waals surface area contributed by atoms with Gasteiger partial charge in [-0.05, 0) is 50.3 Å². The predicted molar refractivity (Wildman–Crippen MR) is 65.5 cm³/mol. The van der Waals surface area contributed by atoms with E-state index in [9.17, 15) is 0 Å². The molecule has 1 atom stereocenters. The van der Waals surface area contributed by atoms with Crippen LogP contribution in [0.25, 0.3) is 0 Å². The average molecular weight is 217 g/mol. The molecule has 86 valence electrons. The van der Waals surface area contributed by atoms with Crippen LogP contribution in [0, 0.1) is 0 Å². The van der Waals surface area contributed by atoms with Crippen LogP contribution in [0.2, 0.25) is 0 Å². The highest BCUT2D eigenvalue weighted by atomic mass is 15.0. The lowest BCUT2D eigenvalue weighted by Gasteiger charge is -2.27. The summed E-state index contributed by atoms with van der Waals surface area (Å²) >= 11 is 0. The molecule has 3 nitrogen and oxygen atoms in total. The number of nitrogens with one attached hydrogen (secondary N) is 2. The van der Waals surface area contributed by atoms with E-state index in [2.05, 4.69) is 27.8 Å². The Morgan fingerprint density at radius 2 is 2.12 bits per heavy atom. The Kier molecular flexibility index (Phi) is 2.79. The van der Waals surface area contributed by atoms with Gasteiger partial charge in [0, 0.05) is 18.3 Å². The van der Waals surface area contributed by atoms with Gasteiger partial charge >= 0.3 is 0 Å². The Hall–Kier alpha value is -1.09. The minimum Gasteiger partial charge on any atom is -0.367 e. The molecule has 16 heavy (non-hydrogen) atoms. The van der Waals surface area contributed by atoms with Crippen LogP contribution in [-0.4, -0.2) is 17.6 Å². The van der Waals surface area contributed by atoms with Gasteiger partial charge in [0.15, 0.2) is 0 Å². The summed E-state index contributed by atoms with van der Waals surface area (Å²) < 4.78 is 0. The van der Waals surface area contributed by atoms with Crippen molar-refractivity contribution in [2.75, 3.05) is 11.9 Å². The molecule has 1 saturated carbocycles. The lowest BCUT2D eigenvalue weighted by molar-refractivity contribution is 0.444. The molecule has 2 aliphatic rings. The Labute approximate surface area is 96.7 Å². The molecule has 1 saturated heterocycles. The predicted octanol–water partition coefficient (Wildman–Crippen LogP) is 2.47. The standard InChI is InChI=1S/C13H19N3/c1-3-11(4-1)16-13-7-6-10(9-15-13)12-5-2-8-14-12/h6-7,9,11-12,14H,1-5,8H2,(H,15,16)/t12-/m0/s1. The molecule has 0 spiro atoms. The lowest BCUT2D eigenvalue weighted by atomic mass is 9.93. The molecule has 3 heteroatoms. The van der Waals surface area contributed by atoms with Crippen LogP contribution in [0.1, 0.15) is 43.7 Å². The Bertz CT molecular complexity index is 337. The maximum Gasteiger partial charge on any atom is 0.126 e. The summed E-state index contributed by atoms with van der Waals surface area (Å²) in [6.07, 6.45) is 8.51. The molecule has 0 bridgehead atoms. The summed E-state index contributed by atoms with van der Waals surface area (Å²) in [6, 6.07) is 5.53. The molecular formula is C13H19N3. The van der Waals surface area contributed by atoms with Crippen molar-refractivity contribution in [3.63, 3.8) is 0 Å². The number of hydrogen-bond donors (Lipinski definition) is 2. The SMILES string of the molecule is c1cc(NC2CCC2)ncc1[C@@H]1CCCN1. The zero-order valence-electron chi connectivity index (χ0n) is 9.58. The van der Waals surface area contributed by atoms with Gasteiger partial charge in [0.25, 0.3) is 0 Å². The average Bonchev–Trinajstić information content (AvgIpc) is 2.78. The zero-order valence-corrected chi connectivity index (χ0v) is 9.58. The summed E-state index contributed by atoms with van der Waals surface area (Å²) in [5.41, 5.74) is 1.33. The highest BCUT2D eigenvalue weighted by Gasteiger charge is 2.18. The number of aromatic nitrogens is 1. The summed E-state index contributed by atoms with van der Waals surface area (Å²) in [6.45, 7) is 1.15. The highest BCUT2D eigenvalue weighted by Crippen LogP contribution is 2.25. The van der Waals surface area contributed by atoms with E-state index >= 15 is 0 Å². The van der Waals surface area contributed by atoms with E-state index in [-0.39, 0.29) is 0 Å². The van der Waals surface area contributed by atoms with E-state index < -0.39 is 0 Å². The van der Waals surface area contributed by atoms with Crippen LogP contribution in [-0.2, 0) is 0 Å². The van der Waals surface area contributed by atoms with Gasteiger partial charge in [-0.2, -0.15) is 0 Å². The maximum atomic E-state index is 4.49. The zero-order chi connectivity index (χ0) is 10.8. The van der Waals surface area contributed by atoms with Crippen LogP contribution < -0.4 is 10.6 Å². The molecular weight excluding hydrogens is 198 g/mol. The van der Waals surface area contributed by atoms with Crippen LogP contribution in [0.3, 0.4) is 0 Å². The van der Waals surface area contributed by atoms with Crippen LogP contribution in [0.4, 0.5) is 5.82 Å². The van der Waals surface area contributed by atoms with Gasteiger partial charge in [0.05, 0.1) is 0 Å². The van der Waals surface area contributed by atoms with Gasteiger partial charge in [-0.3, -0.25) is 0 Å². The van der Waals surface area contributed by atoms with Crippen molar-refractivity contribution in [1.82, 2.24) is 10.3 Å². The van der Waals surface area contributed by atoms with E-state index in [0.717, 1.165) is 12.4 Å². The fourth-order valence-electron chi connectivity index (χ4n) is 2.43. The fraction of sp³-hybridized carbons (Fsp3) is 0.615. The van der Waals surface area contributed by atoms with E-state index in [1.165, 1.54) is 37.7 Å². The molecule has 0 radical (unpaired) electrons. The monoisotopic (exact) mass is 217 g/mol. The molecule has 0 amide bonds.